The van der Waals surface area contributed by atoms with Crippen molar-refractivity contribution >= 4 is 13.1 Å². The first-order chi connectivity index (χ1) is 9.63. The molecule has 0 heterocycles. The van der Waals surface area contributed by atoms with E-state index in [0.717, 1.165) is 18.1 Å². The van der Waals surface area contributed by atoms with Crippen LogP contribution in [0.4, 0.5) is 0 Å². The van der Waals surface area contributed by atoms with Gasteiger partial charge in [-0.25, -0.2) is 0 Å². The van der Waals surface area contributed by atoms with Crippen molar-refractivity contribution in [3.63, 3.8) is 0 Å². The van der Waals surface area contributed by atoms with E-state index < -0.39 is 7.80 Å². The molecule has 2 heteroatoms. The van der Waals surface area contributed by atoms with Gasteiger partial charge >= 0.3 is 7.80 Å². The minimum absolute atomic E-state index is 0.249. The molecule has 2 aromatic carbocycles. The maximum atomic E-state index is 12.9. The first-order valence-electron chi connectivity index (χ1n) is 7.30. The molecule has 1 aliphatic carbocycles. The molecular formula is C18H20OP+. The number of hydrogen-bond acceptors (Lipinski definition) is 1. The molecule has 1 aliphatic rings. The molecule has 2 atom stereocenters. The monoisotopic (exact) mass is 283 g/mol. The Morgan fingerprint density at radius 2 is 1.90 bits per heavy atom. The lowest BCUT2D eigenvalue weighted by Crippen LogP contribution is -2.13. The molecule has 0 saturated heterocycles. The zero-order valence-electron chi connectivity index (χ0n) is 12.3. The smallest absolute Gasteiger partial charge is 0.0677 e. The normalized spacial score (nSPS) is 14.7. The van der Waals surface area contributed by atoms with E-state index in [9.17, 15) is 4.57 Å². The predicted molar refractivity (Wildman–Crippen MR) is 86.4 cm³/mol. The van der Waals surface area contributed by atoms with Gasteiger partial charge in [-0.05, 0) is 37.0 Å². The summed E-state index contributed by atoms with van der Waals surface area (Å²) in [6.45, 7) is 6.30. The van der Waals surface area contributed by atoms with Crippen LogP contribution in [-0.4, -0.2) is 5.66 Å². The molecule has 1 nitrogen and oxygen atoms in total. The highest BCUT2D eigenvalue weighted by molar-refractivity contribution is 7.54. The van der Waals surface area contributed by atoms with Gasteiger partial charge in [-0.1, -0.05) is 47.9 Å². The lowest BCUT2D eigenvalue weighted by atomic mass is 10.0. The lowest BCUT2D eigenvalue weighted by Gasteiger charge is -2.06. The van der Waals surface area contributed by atoms with Crippen molar-refractivity contribution in [1.82, 2.24) is 0 Å². The Balaban J connectivity index is 2.17. The zero-order valence-corrected chi connectivity index (χ0v) is 13.2. The highest BCUT2D eigenvalue weighted by atomic mass is 31.1. The molecular weight excluding hydrogens is 263 g/mol. The summed E-state index contributed by atoms with van der Waals surface area (Å²) in [6, 6.07) is 12.9. The van der Waals surface area contributed by atoms with Crippen LogP contribution in [0.3, 0.4) is 0 Å². The Kier molecular flexibility index (Phi) is 3.48. The van der Waals surface area contributed by atoms with E-state index in [-0.39, 0.29) is 5.66 Å². The molecule has 0 N–H and O–H groups in total. The Hall–Kier alpha value is -1.46. The SMILES string of the molecule is CCC(C)[P+](=O)c1c(C)ccc2c1Cc1ccccc1-2. The first-order valence-corrected chi connectivity index (χ1v) is 8.63. The highest BCUT2D eigenvalue weighted by Crippen LogP contribution is 2.41. The summed E-state index contributed by atoms with van der Waals surface area (Å²) in [5.41, 5.74) is 6.69. The van der Waals surface area contributed by atoms with Crippen LogP contribution in [0.5, 0.6) is 0 Å². The van der Waals surface area contributed by atoms with Gasteiger partial charge in [-0.2, -0.15) is 0 Å². The molecule has 0 saturated carbocycles. The summed E-state index contributed by atoms with van der Waals surface area (Å²) < 4.78 is 12.9. The third-order valence-electron chi connectivity index (χ3n) is 4.37. The molecule has 20 heavy (non-hydrogen) atoms. The van der Waals surface area contributed by atoms with Crippen LogP contribution in [0.2, 0.25) is 0 Å². The van der Waals surface area contributed by atoms with Crippen LogP contribution < -0.4 is 5.30 Å². The summed E-state index contributed by atoms with van der Waals surface area (Å²) in [4.78, 5) is 0. The quantitative estimate of drug-likeness (QED) is 0.630. The number of benzene rings is 2. The molecule has 2 unspecified atom stereocenters. The number of aryl methyl sites for hydroxylation is 1. The van der Waals surface area contributed by atoms with Crippen LogP contribution in [0.15, 0.2) is 36.4 Å². The van der Waals surface area contributed by atoms with Crippen LogP contribution in [0.25, 0.3) is 11.1 Å². The van der Waals surface area contributed by atoms with Crippen molar-refractivity contribution in [2.45, 2.75) is 39.3 Å². The Labute approximate surface area is 121 Å². The second-order valence-electron chi connectivity index (χ2n) is 5.67. The Morgan fingerprint density at radius 1 is 1.15 bits per heavy atom. The van der Waals surface area contributed by atoms with Gasteiger partial charge in [0.15, 0.2) is 11.0 Å². The van der Waals surface area contributed by atoms with Gasteiger partial charge in [0.1, 0.15) is 0 Å². The van der Waals surface area contributed by atoms with Gasteiger partial charge in [0.05, 0.1) is 0 Å². The van der Waals surface area contributed by atoms with Crippen molar-refractivity contribution in [1.29, 1.82) is 0 Å². The predicted octanol–water partition coefficient (Wildman–Crippen LogP) is 4.82. The fourth-order valence-electron chi connectivity index (χ4n) is 3.01. The molecule has 0 spiro atoms. The fourth-order valence-corrected chi connectivity index (χ4v) is 4.67. The van der Waals surface area contributed by atoms with Crippen molar-refractivity contribution in [2.75, 3.05) is 0 Å². The van der Waals surface area contributed by atoms with Crippen molar-refractivity contribution in [3.8, 4) is 11.1 Å². The number of rotatable bonds is 3. The average Bonchev–Trinajstić information content (AvgIpc) is 2.84. The largest absolute Gasteiger partial charge is 0.380 e. The minimum Gasteiger partial charge on any atom is -0.0677 e. The van der Waals surface area contributed by atoms with Crippen LogP contribution in [0.1, 0.15) is 37.0 Å². The summed E-state index contributed by atoms with van der Waals surface area (Å²) in [5, 5.41) is 1.11. The first kappa shape index (κ1) is 13.5. The van der Waals surface area contributed by atoms with E-state index in [4.69, 9.17) is 0 Å². The fraction of sp³-hybridized carbons (Fsp3) is 0.333. The maximum Gasteiger partial charge on any atom is 0.380 e. The van der Waals surface area contributed by atoms with E-state index in [2.05, 4.69) is 57.2 Å². The molecule has 102 valence electrons. The molecule has 0 aromatic heterocycles. The van der Waals surface area contributed by atoms with Crippen LogP contribution in [-0.2, 0) is 11.0 Å². The second-order valence-corrected chi connectivity index (χ2v) is 7.65. The van der Waals surface area contributed by atoms with Crippen LogP contribution in [0, 0.1) is 6.92 Å². The number of hydrogen-bond donors (Lipinski definition) is 0. The molecule has 0 fully saturated rings. The Morgan fingerprint density at radius 3 is 2.65 bits per heavy atom. The van der Waals surface area contributed by atoms with Crippen molar-refractivity contribution in [2.24, 2.45) is 0 Å². The third kappa shape index (κ3) is 2.01. The van der Waals surface area contributed by atoms with Gasteiger partial charge in [-0.3, -0.25) is 0 Å². The molecule has 0 bridgehead atoms. The van der Waals surface area contributed by atoms with Gasteiger partial charge in [0.2, 0.25) is 0 Å². The van der Waals surface area contributed by atoms with Gasteiger partial charge in [-0.15, -0.1) is 0 Å². The van der Waals surface area contributed by atoms with Crippen LogP contribution >= 0.6 is 7.80 Å². The standard InChI is InChI=1S/C18H20OP/c1-4-13(3)20(19)18-12(2)9-10-16-15-8-6-5-7-14(15)11-17(16)18/h5-10,13H,4,11H2,1-3H3/q+1. The van der Waals surface area contributed by atoms with Gasteiger partial charge in [0.25, 0.3) is 0 Å². The number of fused-ring (bicyclic) bond motifs is 3. The van der Waals surface area contributed by atoms with E-state index >= 15 is 0 Å². The average molecular weight is 283 g/mol. The van der Waals surface area contributed by atoms with E-state index in [1.54, 1.807) is 0 Å². The molecule has 2 aromatic rings. The molecule has 0 radical (unpaired) electrons. The van der Waals surface area contributed by atoms with Gasteiger partial charge < -0.3 is 0 Å². The van der Waals surface area contributed by atoms with E-state index in [1.165, 1.54) is 27.8 Å². The third-order valence-corrected chi connectivity index (χ3v) is 6.60. The Bertz CT molecular complexity index is 688. The molecule has 3 rings (SSSR count). The zero-order chi connectivity index (χ0) is 14.3. The van der Waals surface area contributed by atoms with Gasteiger partial charge in [0, 0.05) is 17.5 Å². The maximum absolute atomic E-state index is 12.9. The minimum atomic E-state index is -1.31. The summed E-state index contributed by atoms with van der Waals surface area (Å²) in [6.07, 6.45) is 1.89. The molecule has 0 aliphatic heterocycles. The van der Waals surface area contributed by atoms with E-state index in [1.807, 2.05) is 0 Å². The summed E-state index contributed by atoms with van der Waals surface area (Å²) >= 11 is 0. The van der Waals surface area contributed by atoms with Crippen molar-refractivity contribution < 1.29 is 4.57 Å². The highest BCUT2D eigenvalue weighted by Gasteiger charge is 2.35. The summed E-state index contributed by atoms with van der Waals surface area (Å²) in [7, 11) is -1.31. The van der Waals surface area contributed by atoms with E-state index in [0.29, 0.717) is 0 Å². The summed E-state index contributed by atoms with van der Waals surface area (Å²) in [5.74, 6) is 0. The van der Waals surface area contributed by atoms with Crippen molar-refractivity contribution in [3.05, 3.63) is 53.1 Å². The second kappa shape index (κ2) is 5.14. The lowest BCUT2D eigenvalue weighted by molar-refractivity contribution is 0.584. The molecule has 0 amide bonds. The topological polar surface area (TPSA) is 17.1 Å².